The quantitative estimate of drug-likeness (QED) is 0.780. The molecule has 0 spiro atoms. The fraction of sp³-hybridized carbons (Fsp3) is 0.647. The van der Waals surface area contributed by atoms with Crippen LogP contribution in [-0.4, -0.2) is 56.4 Å². The second-order valence-electron chi connectivity index (χ2n) is 5.95. The van der Waals surface area contributed by atoms with Crippen molar-refractivity contribution in [3.8, 4) is 5.75 Å². The summed E-state index contributed by atoms with van der Waals surface area (Å²) >= 11 is 0. The molecule has 0 amide bonds. The van der Waals surface area contributed by atoms with Crippen molar-refractivity contribution in [3.63, 3.8) is 0 Å². The van der Waals surface area contributed by atoms with Crippen molar-refractivity contribution in [2.24, 2.45) is 0 Å². The molecule has 1 aliphatic heterocycles. The van der Waals surface area contributed by atoms with Gasteiger partial charge in [0.05, 0.1) is 12.7 Å². The summed E-state index contributed by atoms with van der Waals surface area (Å²) in [5.74, 6) is 0.941. The van der Waals surface area contributed by atoms with Crippen molar-refractivity contribution >= 4 is 0 Å². The lowest BCUT2D eigenvalue weighted by Gasteiger charge is -2.35. The molecule has 1 aliphatic rings. The average Bonchev–Trinajstić information content (AvgIpc) is 2.47. The van der Waals surface area contributed by atoms with Crippen LogP contribution in [0.3, 0.4) is 0 Å². The Kier molecular flexibility index (Phi) is 6.49. The first-order valence-electron chi connectivity index (χ1n) is 7.91. The molecule has 1 aromatic rings. The van der Waals surface area contributed by atoms with Crippen LogP contribution in [-0.2, 0) is 4.74 Å². The summed E-state index contributed by atoms with van der Waals surface area (Å²) in [5, 5.41) is 3.42. The van der Waals surface area contributed by atoms with Crippen LogP contribution in [0.5, 0.6) is 5.75 Å². The van der Waals surface area contributed by atoms with Crippen molar-refractivity contribution < 1.29 is 9.47 Å². The highest BCUT2D eigenvalue weighted by atomic mass is 16.5. The lowest BCUT2D eigenvalue weighted by molar-refractivity contribution is -0.0372. The first-order valence-corrected chi connectivity index (χ1v) is 7.91. The standard InChI is InChI=1S/C17H28N2O2/c1-14(2)19-8-10-21-17(13-19)12-18-7-9-20-16-6-4-5-15(3)11-16/h4-6,11,14,17-18H,7-10,12-13H2,1-3H3. The molecule has 1 unspecified atom stereocenters. The zero-order valence-electron chi connectivity index (χ0n) is 13.5. The molecule has 4 nitrogen and oxygen atoms in total. The van der Waals surface area contributed by atoms with Gasteiger partial charge in [-0.3, -0.25) is 4.90 Å². The highest BCUT2D eigenvalue weighted by Crippen LogP contribution is 2.12. The molecule has 0 aliphatic carbocycles. The molecule has 1 atom stereocenters. The molecule has 1 fully saturated rings. The van der Waals surface area contributed by atoms with E-state index in [1.54, 1.807) is 0 Å². The van der Waals surface area contributed by atoms with E-state index < -0.39 is 0 Å². The molecule has 118 valence electrons. The Labute approximate surface area is 128 Å². The van der Waals surface area contributed by atoms with E-state index in [0.29, 0.717) is 18.8 Å². The molecule has 0 radical (unpaired) electrons. The van der Waals surface area contributed by atoms with Gasteiger partial charge in [0.15, 0.2) is 0 Å². The number of ether oxygens (including phenoxy) is 2. The van der Waals surface area contributed by atoms with Gasteiger partial charge in [0, 0.05) is 32.2 Å². The van der Waals surface area contributed by atoms with Crippen molar-refractivity contribution in [1.29, 1.82) is 0 Å². The minimum atomic E-state index is 0.292. The second kappa shape index (κ2) is 8.37. The molecular formula is C17H28N2O2. The highest BCUT2D eigenvalue weighted by molar-refractivity contribution is 5.27. The van der Waals surface area contributed by atoms with Crippen molar-refractivity contribution in [2.75, 3.05) is 39.4 Å². The number of benzene rings is 1. The SMILES string of the molecule is Cc1cccc(OCCNCC2CN(C(C)C)CCO2)c1. The Balaban J connectivity index is 1.59. The van der Waals surface area contributed by atoms with E-state index in [9.17, 15) is 0 Å². The van der Waals surface area contributed by atoms with E-state index >= 15 is 0 Å². The van der Waals surface area contributed by atoms with Crippen molar-refractivity contribution in [1.82, 2.24) is 10.2 Å². The van der Waals surface area contributed by atoms with Gasteiger partial charge in [-0.25, -0.2) is 0 Å². The zero-order valence-corrected chi connectivity index (χ0v) is 13.5. The first kappa shape index (κ1) is 16.3. The van der Waals surface area contributed by atoms with Gasteiger partial charge in [-0.15, -0.1) is 0 Å². The van der Waals surface area contributed by atoms with E-state index in [1.807, 2.05) is 12.1 Å². The summed E-state index contributed by atoms with van der Waals surface area (Å²) in [5.41, 5.74) is 1.23. The van der Waals surface area contributed by atoms with Gasteiger partial charge in [0.2, 0.25) is 0 Å². The van der Waals surface area contributed by atoms with E-state index in [4.69, 9.17) is 9.47 Å². The number of morpholine rings is 1. The molecule has 21 heavy (non-hydrogen) atoms. The smallest absolute Gasteiger partial charge is 0.119 e. The monoisotopic (exact) mass is 292 g/mol. The third-order valence-corrected chi connectivity index (χ3v) is 3.81. The van der Waals surface area contributed by atoms with Crippen molar-refractivity contribution in [3.05, 3.63) is 29.8 Å². The van der Waals surface area contributed by atoms with Gasteiger partial charge in [-0.2, -0.15) is 0 Å². The molecule has 1 saturated heterocycles. The number of hydrogen-bond acceptors (Lipinski definition) is 4. The van der Waals surface area contributed by atoms with Gasteiger partial charge in [0.25, 0.3) is 0 Å². The third kappa shape index (κ3) is 5.65. The molecule has 0 bridgehead atoms. The maximum absolute atomic E-state index is 5.79. The zero-order chi connectivity index (χ0) is 15.1. The molecule has 0 saturated carbocycles. The average molecular weight is 292 g/mol. The fourth-order valence-electron chi connectivity index (χ4n) is 2.54. The fourth-order valence-corrected chi connectivity index (χ4v) is 2.54. The van der Waals surface area contributed by atoms with E-state index in [0.717, 1.165) is 38.5 Å². The highest BCUT2D eigenvalue weighted by Gasteiger charge is 2.21. The van der Waals surface area contributed by atoms with Crippen LogP contribution >= 0.6 is 0 Å². The lowest BCUT2D eigenvalue weighted by Crippen LogP contribution is -2.49. The predicted molar refractivity (Wildman–Crippen MR) is 86.0 cm³/mol. The maximum atomic E-state index is 5.79. The lowest BCUT2D eigenvalue weighted by atomic mass is 10.2. The summed E-state index contributed by atoms with van der Waals surface area (Å²) in [4.78, 5) is 2.47. The van der Waals surface area contributed by atoms with Crippen LogP contribution in [0.4, 0.5) is 0 Å². The Bertz CT molecular complexity index is 423. The Morgan fingerprint density at radius 3 is 3.05 bits per heavy atom. The third-order valence-electron chi connectivity index (χ3n) is 3.81. The summed E-state index contributed by atoms with van der Waals surface area (Å²) in [6, 6.07) is 8.75. The Hall–Kier alpha value is -1.10. The largest absolute Gasteiger partial charge is 0.492 e. The topological polar surface area (TPSA) is 33.7 Å². The minimum absolute atomic E-state index is 0.292. The molecule has 1 N–H and O–H groups in total. The van der Waals surface area contributed by atoms with Crippen LogP contribution in [0.1, 0.15) is 19.4 Å². The predicted octanol–water partition coefficient (Wildman–Crippen LogP) is 2.07. The number of nitrogens with zero attached hydrogens (tertiary/aromatic N) is 1. The van der Waals surface area contributed by atoms with E-state index in [2.05, 4.69) is 43.1 Å². The minimum Gasteiger partial charge on any atom is -0.492 e. The van der Waals surface area contributed by atoms with Gasteiger partial charge in [-0.1, -0.05) is 12.1 Å². The number of rotatable bonds is 7. The van der Waals surface area contributed by atoms with Crippen LogP contribution < -0.4 is 10.1 Å². The first-order chi connectivity index (χ1) is 10.1. The van der Waals surface area contributed by atoms with Crippen LogP contribution in [0.15, 0.2) is 24.3 Å². The molecular weight excluding hydrogens is 264 g/mol. The number of aryl methyl sites for hydroxylation is 1. The Morgan fingerprint density at radius 1 is 1.43 bits per heavy atom. The van der Waals surface area contributed by atoms with Crippen molar-refractivity contribution in [2.45, 2.75) is 32.9 Å². The summed E-state index contributed by atoms with van der Waals surface area (Å²) in [7, 11) is 0. The van der Waals surface area contributed by atoms with E-state index in [1.165, 1.54) is 5.56 Å². The molecule has 4 heteroatoms. The molecule has 1 heterocycles. The number of hydrogen-bond donors (Lipinski definition) is 1. The molecule has 1 aromatic carbocycles. The van der Waals surface area contributed by atoms with Gasteiger partial charge >= 0.3 is 0 Å². The Morgan fingerprint density at radius 2 is 2.29 bits per heavy atom. The van der Waals surface area contributed by atoms with Gasteiger partial charge < -0.3 is 14.8 Å². The molecule has 0 aromatic heterocycles. The molecule has 2 rings (SSSR count). The summed E-state index contributed by atoms with van der Waals surface area (Å²) < 4.78 is 11.5. The summed E-state index contributed by atoms with van der Waals surface area (Å²) in [6.45, 7) is 11.9. The normalized spacial score (nSPS) is 19.9. The maximum Gasteiger partial charge on any atom is 0.119 e. The van der Waals surface area contributed by atoms with Crippen LogP contribution in [0, 0.1) is 6.92 Å². The van der Waals surface area contributed by atoms with E-state index in [-0.39, 0.29) is 0 Å². The van der Waals surface area contributed by atoms with Crippen LogP contribution in [0.2, 0.25) is 0 Å². The van der Waals surface area contributed by atoms with Gasteiger partial charge in [-0.05, 0) is 38.5 Å². The van der Waals surface area contributed by atoms with Crippen LogP contribution in [0.25, 0.3) is 0 Å². The second-order valence-corrected chi connectivity index (χ2v) is 5.95. The van der Waals surface area contributed by atoms with Gasteiger partial charge in [0.1, 0.15) is 12.4 Å². The summed E-state index contributed by atoms with van der Waals surface area (Å²) in [6.07, 6.45) is 0.292. The number of nitrogens with one attached hydrogen (secondary N) is 1.